The summed E-state index contributed by atoms with van der Waals surface area (Å²) in [5, 5.41) is 9.66. The molecule has 0 radical (unpaired) electrons. The Morgan fingerprint density at radius 2 is 2.25 bits per heavy atom. The van der Waals surface area contributed by atoms with Gasteiger partial charge in [0.05, 0.1) is 18.0 Å². The van der Waals surface area contributed by atoms with Crippen LogP contribution in [0.5, 0.6) is 0 Å². The van der Waals surface area contributed by atoms with E-state index in [-0.39, 0.29) is 11.5 Å². The number of halogens is 1. The van der Waals surface area contributed by atoms with E-state index in [0.29, 0.717) is 18.9 Å². The molecule has 2 aromatic rings. The average Bonchev–Trinajstić information content (AvgIpc) is 2.84. The SMILES string of the molecule is CCNc1ncc(F)cc1C(=O)NCc1cnn(C)c1. The Kier molecular flexibility index (Phi) is 4.29. The van der Waals surface area contributed by atoms with Crippen molar-refractivity contribution in [3.63, 3.8) is 0 Å². The molecule has 20 heavy (non-hydrogen) atoms. The summed E-state index contributed by atoms with van der Waals surface area (Å²) < 4.78 is 14.9. The summed E-state index contributed by atoms with van der Waals surface area (Å²) >= 11 is 0. The van der Waals surface area contributed by atoms with E-state index in [9.17, 15) is 9.18 Å². The predicted molar refractivity (Wildman–Crippen MR) is 72.7 cm³/mol. The third kappa shape index (κ3) is 3.31. The third-order valence-corrected chi connectivity index (χ3v) is 2.65. The van der Waals surface area contributed by atoms with Crippen molar-refractivity contribution in [2.75, 3.05) is 11.9 Å². The van der Waals surface area contributed by atoms with Crippen molar-refractivity contribution in [3.8, 4) is 0 Å². The topological polar surface area (TPSA) is 71.8 Å². The summed E-state index contributed by atoms with van der Waals surface area (Å²) in [6, 6.07) is 1.17. The van der Waals surface area contributed by atoms with Crippen molar-refractivity contribution in [3.05, 3.63) is 41.6 Å². The maximum Gasteiger partial charge on any atom is 0.255 e. The zero-order chi connectivity index (χ0) is 14.5. The molecule has 0 bridgehead atoms. The van der Waals surface area contributed by atoms with E-state index in [1.54, 1.807) is 24.1 Å². The lowest BCUT2D eigenvalue weighted by molar-refractivity contribution is 0.0951. The van der Waals surface area contributed by atoms with Crippen molar-refractivity contribution in [1.29, 1.82) is 0 Å². The highest BCUT2D eigenvalue weighted by Gasteiger charge is 2.13. The zero-order valence-corrected chi connectivity index (χ0v) is 11.4. The van der Waals surface area contributed by atoms with Gasteiger partial charge in [-0.25, -0.2) is 9.37 Å². The second-order valence-corrected chi connectivity index (χ2v) is 4.28. The second-order valence-electron chi connectivity index (χ2n) is 4.28. The van der Waals surface area contributed by atoms with E-state index < -0.39 is 5.82 Å². The number of aromatic nitrogens is 3. The quantitative estimate of drug-likeness (QED) is 0.864. The van der Waals surface area contributed by atoms with Gasteiger partial charge in [0.25, 0.3) is 5.91 Å². The Morgan fingerprint density at radius 1 is 1.45 bits per heavy atom. The zero-order valence-electron chi connectivity index (χ0n) is 11.4. The molecule has 0 aliphatic carbocycles. The van der Waals surface area contributed by atoms with Crippen LogP contribution in [0.4, 0.5) is 10.2 Å². The van der Waals surface area contributed by atoms with Crippen LogP contribution in [0.2, 0.25) is 0 Å². The van der Waals surface area contributed by atoms with Gasteiger partial charge in [0.2, 0.25) is 0 Å². The number of hydrogen-bond donors (Lipinski definition) is 2. The lowest BCUT2D eigenvalue weighted by atomic mass is 10.2. The highest BCUT2D eigenvalue weighted by atomic mass is 19.1. The number of carbonyl (C=O) groups is 1. The molecule has 2 heterocycles. The molecule has 2 aromatic heterocycles. The average molecular weight is 277 g/mol. The first-order valence-electron chi connectivity index (χ1n) is 6.25. The van der Waals surface area contributed by atoms with Crippen LogP contribution < -0.4 is 10.6 Å². The molecule has 0 aromatic carbocycles. The van der Waals surface area contributed by atoms with Crippen LogP contribution in [0.3, 0.4) is 0 Å². The van der Waals surface area contributed by atoms with Gasteiger partial charge in [-0.2, -0.15) is 5.10 Å². The van der Waals surface area contributed by atoms with Gasteiger partial charge in [-0.15, -0.1) is 0 Å². The highest BCUT2D eigenvalue weighted by molar-refractivity contribution is 5.98. The fourth-order valence-electron chi connectivity index (χ4n) is 1.76. The van der Waals surface area contributed by atoms with Gasteiger partial charge in [0.1, 0.15) is 11.6 Å². The number of hydrogen-bond acceptors (Lipinski definition) is 4. The van der Waals surface area contributed by atoms with Crippen LogP contribution in [0, 0.1) is 5.82 Å². The van der Waals surface area contributed by atoms with Crippen LogP contribution in [0.1, 0.15) is 22.8 Å². The summed E-state index contributed by atoms with van der Waals surface area (Å²) in [5.41, 5.74) is 1.06. The van der Waals surface area contributed by atoms with E-state index in [1.165, 1.54) is 6.07 Å². The molecule has 6 nitrogen and oxygen atoms in total. The molecular formula is C13H16FN5O. The van der Waals surface area contributed by atoms with E-state index in [4.69, 9.17) is 0 Å². The van der Waals surface area contributed by atoms with Gasteiger partial charge in [-0.3, -0.25) is 9.48 Å². The molecule has 2 N–H and O–H groups in total. The van der Waals surface area contributed by atoms with Gasteiger partial charge >= 0.3 is 0 Å². The lowest BCUT2D eigenvalue weighted by Gasteiger charge is -2.09. The molecule has 0 spiro atoms. The molecular weight excluding hydrogens is 261 g/mol. The van der Waals surface area contributed by atoms with Crippen LogP contribution in [-0.4, -0.2) is 27.2 Å². The number of aryl methyl sites for hydroxylation is 1. The molecule has 7 heteroatoms. The number of pyridine rings is 1. The highest BCUT2D eigenvalue weighted by Crippen LogP contribution is 2.13. The Labute approximate surface area is 116 Å². The Morgan fingerprint density at radius 3 is 2.90 bits per heavy atom. The van der Waals surface area contributed by atoms with Crippen LogP contribution in [0.15, 0.2) is 24.7 Å². The number of nitrogens with one attached hydrogen (secondary N) is 2. The Hall–Kier alpha value is -2.44. The minimum Gasteiger partial charge on any atom is -0.370 e. The molecule has 0 atom stereocenters. The third-order valence-electron chi connectivity index (χ3n) is 2.65. The van der Waals surface area contributed by atoms with Gasteiger partial charge < -0.3 is 10.6 Å². The lowest BCUT2D eigenvalue weighted by Crippen LogP contribution is -2.24. The van der Waals surface area contributed by atoms with E-state index >= 15 is 0 Å². The number of carbonyl (C=O) groups excluding carboxylic acids is 1. The van der Waals surface area contributed by atoms with E-state index in [0.717, 1.165) is 11.8 Å². The molecule has 0 aliphatic heterocycles. The number of anilines is 1. The van der Waals surface area contributed by atoms with Crippen molar-refractivity contribution in [2.45, 2.75) is 13.5 Å². The molecule has 106 valence electrons. The predicted octanol–water partition coefficient (Wildman–Crippen LogP) is 1.32. The largest absolute Gasteiger partial charge is 0.370 e. The Bertz CT molecular complexity index is 611. The maximum atomic E-state index is 13.2. The molecule has 0 unspecified atom stereocenters. The molecule has 2 rings (SSSR count). The summed E-state index contributed by atoms with van der Waals surface area (Å²) in [6.07, 6.45) is 4.54. The summed E-state index contributed by atoms with van der Waals surface area (Å²) in [5.74, 6) is -0.549. The first kappa shape index (κ1) is 14.0. The fraction of sp³-hybridized carbons (Fsp3) is 0.308. The van der Waals surface area contributed by atoms with Gasteiger partial charge in [-0.05, 0) is 13.0 Å². The molecule has 0 saturated heterocycles. The Balaban J connectivity index is 2.09. The van der Waals surface area contributed by atoms with Crippen molar-refractivity contribution < 1.29 is 9.18 Å². The summed E-state index contributed by atoms with van der Waals surface area (Å²) in [6.45, 7) is 2.80. The van der Waals surface area contributed by atoms with Crippen LogP contribution in [-0.2, 0) is 13.6 Å². The number of nitrogens with zero attached hydrogens (tertiary/aromatic N) is 3. The monoisotopic (exact) mass is 277 g/mol. The molecule has 1 amide bonds. The minimum absolute atomic E-state index is 0.191. The molecule has 0 saturated carbocycles. The number of rotatable bonds is 5. The van der Waals surface area contributed by atoms with Crippen LogP contribution >= 0.6 is 0 Å². The maximum absolute atomic E-state index is 13.2. The first-order chi connectivity index (χ1) is 9.60. The second kappa shape index (κ2) is 6.14. The standard InChI is InChI=1S/C13H16FN5O/c1-3-15-12-11(4-10(14)7-16-12)13(20)17-5-9-6-18-19(2)8-9/h4,6-8H,3,5H2,1-2H3,(H,15,16)(H,17,20). The van der Waals surface area contributed by atoms with Gasteiger partial charge in [0, 0.05) is 31.9 Å². The van der Waals surface area contributed by atoms with E-state index in [2.05, 4.69) is 20.7 Å². The molecule has 0 aliphatic rings. The van der Waals surface area contributed by atoms with Crippen LogP contribution in [0.25, 0.3) is 0 Å². The van der Waals surface area contributed by atoms with E-state index in [1.807, 2.05) is 6.92 Å². The van der Waals surface area contributed by atoms with Gasteiger partial charge in [0.15, 0.2) is 0 Å². The van der Waals surface area contributed by atoms with Crippen molar-refractivity contribution in [1.82, 2.24) is 20.1 Å². The number of amides is 1. The summed E-state index contributed by atoms with van der Waals surface area (Å²) in [7, 11) is 1.80. The summed E-state index contributed by atoms with van der Waals surface area (Å²) in [4.78, 5) is 16.0. The minimum atomic E-state index is -0.543. The van der Waals surface area contributed by atoms with Crippen molar-refractivity contribution in [2.24, 2.45) is 7.05 Å². The van der Waals surface area contributed by atoms with Crippen molar-refractivity contribution >= 4 is 11.7 Å². The van der Waals surface area contributed by atoms with Gasteiger partial charge in [-0.1, -0.05) is 0 Å². The molecule has 0 fully saturated rings. The normalized spacial score (nSPS) is 10.3. The fourth-order valence-corrected chi connectivity index (χ4v) is 1.76. The smallest absolute Gasteiger partial charge is 0.255 e. The first-order valence-corrected chi connectivity index (χ1v) is 6.25.